The van der Waals surface area contributed by atoms with E-state index >= 15 is 0 Å². The second-order valence-corrected chi connectivity index (χ2v) is 5.34. The Bertz CT molecular complexity index is 503. The highest BCUT2D eigenvalue weighted by Crippen LogP contribution is 2.08. The van der Waals surface area contributed by atoms with Gasteiger partial charge in [-0.25, -0.2) is 4.79 Å². The van der Waals surface area contributed by atoms with E-state index in [2.05, 4.69) is 4.98 Å². The van der Waals surface area contributed by atoms with Gasteiger partial charge < -0.3 is 14.9 Å². The maximum atomic E-state index is 12.4. The number of hydrogen-bond acceptors (Lipinski definition) is 3. The molecule has 0 unspecified atom stereocenters. The number of rotatable bonds is 6. The number of nitrogens with zero attached hydrogens (tertiary/aromatic N) is 3. The fourth-order valence-electron chi connectivity index (χ4n) is 2.01. The van der Waals surface area contributed by atoms with E-state index < -0.39 is 5.97 Å². The zero-order valence-corrected chi connectivity index (χ0v) is 13.0. The molecule has 1 heterocycles. The molecule has 6 heteroatoms. The zero-order chi connectivity index (χ0) is 16.0. The molecule has 116 valence electrons. The van der Waals surface area contributed by atoms with Gasteiger partial charge in [-0.05, 0) is 32.9 Å². The number of aliphatic carboxylic acids is 1. The standard InChI is InChI=1S/C15H23N3O3/c1-11(2)18(9-8-14(19)20)15(21)17(4)10-13-7-5-6-12(3)16-13/h5-7,11H,8-10H2,1-4H3,(H,19,20). The van der Waals surface area contributed by atoms with Crippen LogP contribution in [0.2, 0.25) is 0 Å². The second-order valence-electron chi connectivity index (χ2n) is 5.34. The molecule has 0 aliphatic carbocycles. The van der Waals surface area contributed by atoms with E-state index in [1.807, 2.05) is 39.0 Å². The van der Waals surface area contributed by atoms with Crippen molar-refractivity contribution >= 4 is 12.0 Å². The van der Waals surface area contributed by atoms with Crippen molar-refractivity contribution in [2.75, 3.05) is 13.6 Å². The average molecular weight is 293 g/mol. The van der Waals surface area contributed by atoms with Crippen LogP contribution in [-0.4, -0.2) is 51.5 Å². The fourth-order valence-corrected chi connectivity index (χ4v) is 2.01. The molecule has 1 N–H and O–H groups in total. The molecule has 6 nitrogen and oxygen atoms in total. The van der Waals surface area contributed by atoms with E-state index in [0.717, 1.165) is 11.4 Å². The van der Waals surface area contributed by atoms with Crippen LogP contribution in [0.4, 0.5) is 4.79 Å². The smallest absolute Gasteiger partial charge is 0.320 e. The van der Waals surface area contributed by atoms with Crippen molar-refractivity contribution in [1.29, 1.82) is 0 Å². The highest BCUT2D eigenvalue weighted by atomic mass is 16.4. The molecule has 0 aliphatic rings. The summed E-state index contributed by atoms with van der Waals surface area (Å²) in [6, 6.07) is 5.44. The summed E-state index contributed by atoms with van der Waals surface area (Å²) in [4.78, 5) is 30.6. The molecular formula is C15H23N3O3. The zero-order valence-electron chi connectivity index (χ0n) is 13.0. The minimum Gasteiger partial charge on any atom is -0.481 e. The number of aromatic nitrogens is 1. The molecule has 0 atom stereocenters. The van der Waals surface area contributed by atoms with Gasteiger partial charge in [0, 0.05) is 25.3 Å². The van der Waals surface area contributed by atoms with E-state index in [-0.39, 0.29) is 25.0 Å². The molecule has 1 aromatic heterocycles. The summed E-state index contributed by atoms with van der Waals surface area (Å²) in [5.41, 5.74) is 1.72. The Labute approximate surface area is 125 Å². The van der Waals surface area contributed by atoms with Gasteiger partial charge in [0.05, 0.1) is 18.7 Å². The molecule has 2 amide bonds. The van der Waals surface area contributed by atoms with Gasteiger partial charge in [-0.15, -0.1) is 0 Å². The maximum absolute atomic E-state index is 12.4. The van der Waals surface area contributed by atoms with Crippen LogP contribution in [0.25, 0.3) is 0 Å². The van der Waals surface area contributed by atoms with Crippen molar-refractivity contribution in [2.45, 2.75) is 39.8 Å². The SMILES string of the molecule is Cc1cccc(CN(C)C(=O)N(CCC(=O)O)C(C)C)n1. The van der Waals surface area contributed by atoms with Crippen LogP contribution < -0.4 is 0 Å². The Morgan fingerprint density at radius 1 is 1.33 bits per heavy atom. The van der Waals surface area contributed by atoms with Crippen molar-refractivity contribution in [3.63, 3.8) is 0 Å². The van der Waals surface area contributed by atoms with Gasteiger partial charge in [0.15, 0.2) is 0 Å². The van der Waals surface area contributed by atoms with Crippen LogP contribution in [0.1, 0.15) is 31.7 Å². The van der Waals surface area contributed by atoms with Crippen molar-refractivity contribution in [2.24, 2.45) is 0 Å². The summed E-state index contributed by atoms with van der Waals surface area (Å²) >= 11 is 0. The van der Waals surface area contributed by atoms with Crippen LogP contribution >= 0.6 is 0 Å². The minimum absolute atomic E-state index is 0.0511. The van der Waals surface area contributed by atoms with E-state index in [0.29, 0.717) is 6.54 Å². The number of pyridine rings is 1. The molecule has 0 aliphatic heterocycles. The van der Waals surface area contributed by atoms with Crippen molar-refractivity contribution in [3.8, 4) is 0 Å². The fraction of sp³-hybridized carbons (Fsp3) is 0.533. The van der Waals surface area contributed by atoms with Gasteiger partial charge in [0.2, 0.25) is 0 Å². The van der Waals surface area contributed by atoms with E-state index in [1.54, 1.807) is 16.8 Å². The Morgan fingerprint density at radius 3 is 2.52 bits per heavy atom. The molecule has 0 spiro atoms. The van der Waals surface area contributed by atoms with Gasteiger partial charge in [-0.3, -0.25) is 9.78 Å². The highest BCUT2D eigenvalue weighted by molar-refractivity contribution is 5.75. The van der Waals surface area contributed by atoms with Crippen molar-refractivity contribution < 1.29 is 14.7 Å². The number of carboxylic acid groups (broad SMARTS) is 1. The Morgan fingerprint density at radius 2 is 2.00 bits per heavy atom. The van der Waals surface area contributed by atoms with Gasteiger partial charge >= 0.3 is 12.0 Å². The predicted octanol–water partition coefficient (Wildman–Crippen LogP) is 2.13. The first-order chi connectivity index (χ1) is 9.81. The van der Waals surface area contributed by atoms with Crippen molar-refractivity contribution in [1.82, 2.24) is 14.8 Å². The minimum atomic E-state index is -0.906. The molecule has 0 aromatic carbocycles. The van der Waals surface area contributed by atoms with Gasteiger partial charge in [0.25, 0.3) is 0 Å². The molecular weight excluding hydrogens is 270 g/mol. The maximum Gasteiger partial charge on any atom is 0.320 e. The average Bonchev–Trinajstić information content (AvgIpc) is 2.37. The monoisotopic (exact) mass is 293 g/mol. The summed E-state index contributed by atoms with van der Waals surface area (Å²) in [6.07, 6.45) is -0.0551. The third kappa shape index (κ3) is 5.41. The quantitative estimate of drug-likeness (QED) is 0.872. The number of urea groups is 1. The molecule has 0 saturated carbocycles. The number of amides is 2. The number of carboxylic acids is 1. The molecule has 0 fully saturated rings. The molecule has 0 saturated heterocycles. The van der Waals surface area contributed by atoms with Crippen LogP contribution in [-0.2, 0) is 11.3 Å². The molecule has 0 bridgehead atoms. The first-order valence-corrected chi connectivity index (χ1v) is 6.97. The third-order valence-corrected chi connectivity index (χ3v) is 3.11. The molecule has 0 radical (unpaired) electrons. The first kappa shape index (κ1) is 16.9. The van der Waals surface area contributed by atoms with Crippen LogP contribution in [0.5, 0.6) is 0 Å². The Kier molecular flexibility index (Phi) is 6.14. The van der Waals surface area contributed by atoms with Crippen molar-refractivity contribution in [3.05, 3.63) is 29.6 Å². The summed E-state index contributed by atoms with van der Waals surface area (Å²) in [5, 5.41) is 8.77. The molecule has 21 heavy (non-hydrogen) atoms. The van der Waals surface area contributed by atoms with Gasteiger partial charge in [0.1, 0.15) is 0 Å². The first-order valence-electron chi connectivity index (χ1n) is 6.97. The Hall–Kier alpha value is -2.11. The summed E-state index contributed by atoms with van der Waals surface area (Å²) in [7, 11) is 1.70. The van der Waals surface area contributed by atoms with Gasteiger partial charge in [-0.1, -0.05) is 6.07 Å². The van der Waals surface area contributed by atoms with E-state index in [1.165, 1.54) is 0 Å². The topological polar surface area (TPSA) is 73.7 Å². The Balaban J connectivity index is 2.71. The van der Waals surface area contributed by atoms with Crippen LogP contribution in [0.15, 0.2) is 18.2 Å². The summed E-state index contributed by atoms with van der Waals surface area (Å²) in [6.45, 7) is 6.25. The summed E-state index contributed by atoms with van der Waals surface area (Å²) in [5.74, 6) is -0.906. The second kappa shape index (κ2) is 7.61. The lowest BCUT2D eigenvalue weighted by atomic mass is 10.3. The number of hydrogen-bond donors (Lipinski definition) is 1. The van der Waals surface area contributed by atoms with Gasteiger partial charge in [-0.2, -0.15) is 0 Å². The third-order valence-electron chi connectivity index (χ3n) is 3.11. The van der Waals surface area contributed by atoms with E-state index in [4.69, 9.17) is 5.11 Å². The lowest BCUT2D eigenvalue weighted by Crippen LogP contribution is -2.45. The molecule has 1 aromatic rings. The lowest BCUT2D eigenvalue weighted by molar-refractivity contribution is -0.137. The van der Waals surface area contributed by atoms with Crippen LogP contribution in [0.3, 0.4) is 0 Å². The predicted molar refractivity (Wildman–Crippen MR) is 79.9 cm³/mol. The number of carbonyl (C=O) groups excluding carboxylic acids is 1. The largest absolute Gasteiger partial charge is 0.481 e. The highest BCUT2D eigenvalue weighted by Gasteiger charge is 2.21. The number of carbonyl (C=O) groups is 2. The van der Waals surface area contributed by atoms with Crippen LogP contribution in [0, 0.1) is 6.92 Å². The molecule has 1 rings (SSSR count). The van der Waals surface area contributed by atoms with E-state index in [9.17, 15) is 9.59 Å². The normalized spacial score (nSPS) is 10.5. The summed E-state index contributed by atoms with van der Waals surface area (Å²) < 4.78 is 0. The lowest BCUT2D eigenvalue weighted by Gasteiger charge is -2.30. The number of aryl methyl sites for hydroxylation is 1.